The Hall–Kier alpha value is -2.17. The van der Waals surface area contributed by atoms with Crippen molar-refractivity contribution in [3.63, 3.8) is 0 Å². The quantitative estimate of drug-likeness (QED) is 0.874. The van der Waals surface area contributed by atoms with Crippen molar-refractivity contribution in [3.8, 4) is 0 Å². The monoisotopic (exact) mass is 245 g/mol. The SMILES string of the molecule is CC(=O)NC(C)Cn1ncc2ccccc2c1=O. The van der Waals surface area contributed by atoms with E-state index >= 15 is 0 Å². The van der Waals surface area contributed by atoms with E-state index < -0.39 is 0 Å². The molecule has 1 aromatic carbocycles. The van der Waals surface area contributed by atoms with Gasteiger partial charge in [-0.05, 0) is 13.0 Å². The maximum absolute atomic E-state index is 12.1. The number of rotatable bonds is 3. The summed E-state index contributed by atoms with van der Waals surface area (Å²) < 4.78 is 1.38. The predicted molar refractivity (Wildman–Crippen MR) is 69.3 cm³/mol. The van der Waals surface area contributed by atoms with Crippen LogP contribution in [0.25, 0.3) is 10.8 Å². The van der Waals surface area contributed by atoms with Crippen LogP contribution in [0.5, 0.6) is 0 Å². The second kappa shape index (κ2) is 5.00. The van der Waals surface area contributed by atoms with Crippen LogP contribution in [-0.2, 0) is 11.3 Å². The van der Waals surface area contributed by atoms with Crippen LogP contribution in [0.4, 0.5) is 0 Å². The third-order valence-corrected chi connectivity index (χ3v) is 2.66. The number of benzene rings is 1. The standard InChI is InChI=1S/C13H15N3O2/c1-9(15-10(2)17)8-16-13(18)12-6-4-3-5-11(12)7-14-16/h3-7,9H,8H2,1-2H3,(H,15,17). The van der Waals surface area contributed by atoms with Gasteiger partial charge in [-0.15, -0.1) is 0 Å². The molecule has 5 heteroatoms. The molecule has 2 aromatic rings. The van der Waals surface area contributed by atoms with Crippen LogP contribution >= 0.6 is 0 Å². The molecule has 0 saturated carbocycles. The molecule has 18 heavy (non-hydrogen) atoms. The molecule has 0 aliphatic rings. The summed E-state index contributed by atoms with van der Waals surface area (Å²) in [6, 6.07) is 7.19. The molecular formula is C13H15N3O2. The number of nitrogens with one attached hydrogen (secondary N) is 1. The van der Waals surface area contributed by atoms with Gasteiger partial charge in [-0.1, -0.05) is 18.2 Å². The van der Waals surface area contributed by atoms with Crippen molar-refractivity contribution in [2.24, 2.45) is 0 Å². The minimum atomic E-state index is -0.134. The number of hydrogen-bond acceptors (Lipinski definition) is 3. The van der Waals surface area contributed by atoms with Crippen LogP contribution in [0.2, 0.25) is 0 Å². The highest BCUT2D eigenvalue weighted by atomic mass is 16.1. The van der Waals surface area contributed by atoms with E-state index in [1.54, 1.807) is 12.3 Å². The Balaban J connectivity index is 2.32. The lowest BCUT2D eigenvalue weighted by Gasteiger charge is -2.13. The van der Waals surface area contributed by atoms with Crippen LogP contribution < -0.4 is 10.9 Å². The van der Waals surface area contributed by atoms with E-state index in [1.807, 2.05) is 25.1 Å². The molecule has 1 unspecified atom stereocenters. The summed E-state index contributed by atoms with van der Waals surface area (Å²) in [7, 11) is 0. The third kappa shape index (κ3) is 2.56. The number of carbonyl (C=O) groups is 1. The van der Waals surface area contributed by atoms with Gasteiger partial charge in [0, 0.05) is 18.4 Å². The first kappa shape index (κ1) is 12.3. The lowest BCUT2D eigenvalue weighted by molar-refractivity contribution is -0.119. The van der Waals surface area contributed by atoms with Gasteiger partial charge in [-0.3, -0.25) is 9.59 Å². The summed E-state index contributed by atoms with van der Waals surface area (Å²) in [6.45, 7) is 3.65. The molecule has 2 rings (SSSR count). The third-order valence-electron chi connectivity index (χ3n) is 2.66. The van der Waals surface area contributed by atoms with Crippen molar-refractivity contribution in [3.05, 3.63) is 40.8 Å². The minimum absolute atomic E-state index is 0.115. The van der Waals surface area contributed by atoms with Crippen molar-refractivity contribution in [1.29, 1.82) is 0 Å². The Kier molecular flexibility index (Phi) is 3.41. The number of amides is 1. The van der Waals surface area contributed by atoms with Crippen molar-refractivity contribution in [1.82, 2.24) is 15.1 Å². The zero-order valence-corrected chi connectivity index (χ0v) is 10.4. The highest BCUT2D eigenvalue weighted by molar-refractivity contribution is 5.80. The summed E-state index contributed by atoms with van der Waals surface area (Å²) >= 11 is 0. The molecule has 94 valence electrons. The van der Waals surface area contributed by atoms with Crippen molar-refractivity contribution >= 4 is 16.7 Å². The average molecular weight is 245 g/mol. The Bertz CT molecular complexity index is 633. The average Bonchev–Trinajstić information content (AvgIpc) is 2.32. The second-order valence-corrected chi connectivity index (χ2v) is 4.32. The van der Waals surface area contributed by atoms with Crippen LogP contribution in [0, 0.1) is 0 Å². The highest BCUT2D eigenvalue weighted by Gasteiger charge is 2.08. The molecule has 1 aromatic heterocycles. The molecule has 1 atom stereocenters. The fraction of sp³-hybridized carbons (Fsp3) is 0.308. The first-order valence-corrected chi connectivity index (χ1v) is 5.80. The maximum atomic E-state index is 12.1. The molecule has 0 spiro atoms. The molecule has 1 heterocycles. The van der Waals surface area contributed by atoms with Gasteiger partial charge in [0.15, 0.2) is 0 Å². The van der Waals surface area contributed by atoms with E-state index in [2.05, 4.69) is 10.4 Å². The van der Waals surface area contributed by atoms with Crippen LogP contribution in [-0.4, -0.2) is 21.7 Å². The number of carbonyl (C=O) groups excluding carboxylic acids is 1. The second-order valence-electron chi connectivity index (χ2n) is 4.32. The van der Waals surface area contributed by atoms with Gasteiger partial charge >= 0.3 is 0 Å². The molecule has 0 saturated heterocycles. The fourth-order valence-corrected chi connectivity index (χ4v) is 1.91. The molecule has 0 aliphatic heterocycles. The summed E-state index contributed by atoms with van der Waals surface area (Å²) in [5, 5.41) is 8.30. The van der Waals surface area contributed by atoms with E-state index in [0.29, 0.717) is 11.9 Å². The Labute approximate surface area is 104 Å². The summed E-state index contributed by atoms with van der Waals surface area (Å²) in [6.07, 6.45) is 1.66. The first-order valence-electron chi connectivity index (χ1n) is 5.80. The zero-order chi connectivity index (χ0) is 13.1. The predicted octanol–water partition coefficient (Wildman–Crippen LogP) is 0.921. The van der Waals surface area contributed by atoms with Gasteiger partial charge in [0.2, 0.25) is 5.91 Å². The number of fused-ring (bicyclic) bond motifs is 1. The molecule has 1 N–H and O–H groups in total. The van der Waals surface area contributed by atoms with Crippen molar-refractivity contribution in [2.75, 3.05) is 0 Å². The van der Waals surface area contributed by atoms with Gasteiger partial charge in [-0.2, -0.15) is 5.10 Å². The Morgan fingerprint density at radius 2 is 2.17 bits per heavy atom. The van der Waals surface area contributed by atoms with Gasteiger partial charge in [-0.25, -0.2) is 4.68 Å². The van der Waals surface area contributed by atoms with E-state index in [9.17, 15) is 9.59 Å². The zero-order valence-electron chi connectivity index (χ0n) is 10.4. The maximum Gasteiger partial charge on any atom is 0.274 e. The van der Waals surface area contributed by atoms with Crippen molar-refractivity contribution < 1.29 is 4.79 Å². The lowest BCUT2D eigenvalue weighted by atomic mass is 10.2. The van der Waals surface area contributed by atoms with Crippen LogP contribution in [0.15, 0.2) is 35.3 Å². The lowest BCUT2D eigenvalue weighted by Crippen LogP contribution is -2.37. The van der Waals surface area contributed by atoms with Gasteiger partial charge in [0.05, 0.1) is 18.1 Å². The smallest absolute Gasteiger partial charge is 0.274 e. The molecule has 0 fully saturated rings. The van der Waals surface area contributed by atoms with Crippen LogP contribution in [0.1, 0.15) is 13.8 Å². The molecule has 0 aliphatic carbocycles. The molecule has 0 bridgehead atoms. The normalized spacial score (nSPS) is 12.3. The van der Waals surface area contributed by atoms with Gasteiger partial charge in [0.25, 0.3) is 5.56 Å². The topological polar surface area (TPSA) is 64.0 Å². The Morgan fingerprint density at radius 3 is 2.89 bits per heavy atom. The van der Waals surface area contributed by atoms with Gasteiger partial charge < -0.3 is 5.32 Å². The van der Waals surface area contributed by atoms with E-state index in [4.69, 9.17) is 0 Å². The Morgan fingerprint density at radius 1 is 1.44 bits per heavy atom. The number of hydrogen-bond donors (Lipinski definition) is 1. The van der Waals surface area contributed by atoms with Crippen molar-refractivity contribution in [2.45, 2.75) is 26.4 Å². The number of aromatic nitrogens is 2. The fourth-order valence-electron chi connectivity index (χ4n) is 1.91. The molecule has 0 radical (unpaired) electrons. The number of nitrogens with zero attached hydrogens (tertiary/aromatic N) is 2. The minimum Gasteiger partial charge on any atom is -0.352 e. The largest absolute Gasteiger partial charge is 0.352 e. The van der Waals surface area contributed by atoms with E-state index in [1.165, 1.54) is 11.6 Å². The van der Waals surface area contributed by atoms with E-state index in [0.717, 1.165) is 5.39 Å². The summed E-state index contributed by atoms with van der Waals surface area (Å²) in [5.41, 5.74) is -0.134. The van der Waals surface area contributed by atoms with Crippen LogP contribution in [0.3, 0.4) is 0 Å². The molecule has 1 amide bonds. The van der Waals surface area contributed by atoms with Gasteiger partial charge in [0.1, 0.15) is 0 Å². The highest BCUT2D eigenvalue weighted by Crippen LogP contribution is 2.06. The summed E-state index contributed by atoms with van der Waals surface area (Å²) in [4.78, 5) is 23.1. The van der Waals surface area contributed by atoms with E-state index in [-0.39, 0.29) is 17.5 Å². The molecule has 5 nitrogen and oxygen atoms in total. The summed E-state index contributed by atoms with van der Waals surface area (Å²) in [5.74, 6) is -0.115. The first-order chi connectivity index (χ1) is 8.58. The molecular weight excluding hydrogens is 230 g/mol.